The number of furan rings is 1. The van der Waals surface area contributed by atoms with E-state index in [1.807, 2.05) is 6.92 Å². The van der Waals surface area contributed by atoms with Crippen LogP contribution in [-0.4, -0.2) is 59.2 Å². The van der Waals surface area contributed by atoms with Gasteiger partial charge in [0.1, 0.15) is 12.3 Å². The number of halogens is 2. The fourth-order valence-electron chi connectivity index (χ4n) is 3.99. The van der Waals surface area contributed by atoms with Crippen LogP contribution >= 0.6 is 23.2 Å². The van der Waals surface area contributed by atoms with Crippen molar-refractivity contribution < 1.29 is 18.8 Å². The molecule has 0 unspecified atom stereocenters. The van der Waals surface area contributed by atoms with Crippen molar-refractivity contribution in [2.45, 2.75) is 19.5 Å². The Balaban J connectivity index is 1.58. The van der Waals surface area contributed by atoms with E-state index in [4.69, 9.17) is 27.6 Å². The Bertz CT molecular complexity index is 1100. The van der Waals surface area contributed by atoms with Gasteiger partial charge in [0.2, 0.25) is 5.91 Å². The summed E-state index contributed by atoms with van der Waals surface area (Å²) in [6.45, 7) is 2.56. The van der Waals surface area contributed by atoms with Gasteiger partial charge < -0.3 is 19.5 Å². The molecule has 0 spiro atoms. The Morgan fingerprint density at radius 3 is 2.72 bits per heavy atom. The topological polar surface area (TPSA) is 86.1 Å². The molecule has 1 atom stereocenters. The number of likely N-dealkylation sites (N-methyl/N-ethyl adjacent to an activating group) is 2. The van der Waals surface area contributed by atoms with Crippen LogP contribution in [0.5, 0.6) is 0 Å². The molecule has 1 N–H and O–H groups in total. The lowest BCUT2D eigenvalue weighted by molar-refractivity contribution is -0.137. The van der Waals surface area contributed by atoms with Crippen molar-refractivity contribution in [1.29, 1.82) is 0 Å². The zero-order chi connectivity index (χ0) is 23.0. The first-order chi connectivity index (χ1) is 15.3. The average Bonchev–Trinajstić information content (AvgIpc) is 3.36. The second-order valence-corrected chi connectivity index (χ2v) is 8.49. The fraction of sp³-hybridized carbons (Fsp3) is 0.318. The Hall–Kier alpha value is -2.97. The quantitative estimate of drug-likeness (QED) is 0.691. The van der Waals surface area contributed by atoms with Crippen LogP contribution in [0.2, 0.25) is 10.0 Å². The maximum absolute atomic E-state index is 13.4. The lowest BCUT2D eigenvalue weighted by atomic mass is 9.95. The van der Waals surface area contributed by atoms with E-state index < -0.39 is 6.04 Å². The van der Waals surface area contributed by atoms with Crippen molar-refractivity contribution >= 4 is 41.0 Å². The van der Waals surface area contributed by atoms with Crippen molar-refractivity contribution in [3.05, 3.63) is 69.2 Å². The molecule has 0 saturated carbocycles. The maximum atomic E-state index is 13.4. The highest BCUT2D eigenvalue weighted by molar-refractivity contribution is 6.35. The molecule has 0 saturated heterocycles. The number of benzene rings is 1. The van der Waals surface area contributed by atoms with Gasteiger partial charge in [0.25, 0.3) is 5.91 Å². The molecule has 4 amide bonds. The normalized spacial score (nSPS) is 18.2. The molecule has 0 fully saturated rings. The van der Waals surface area contributed by atoms with Crippen LogP contribution in [0.4, 0.5) is 4.79 Å². The predicted octanol–water partition coefficient (Wildman–Crippen LogP) is 3.43. The van der Waals surface area contributed by atoms with E-state index in [1.54, 1.807) is 43.6 Å². The summed E-state index contributed by atoms with van der Waals surface area (Å²) in [6.07, 6.45) is 1.54. The Labute approximate surface area is 195 Å². The predicted molar refractivity (Wildman–Crippen MR) is 119 cm³/mol. The largest absolute Gasteiger partial charge is 0.467 e. The third-order valence-corrected chi connectivity index (χ3v) is 6.17. The molecule has 10 heteroatoms. The Kier molecular flexibility index (Phi) is 6.17. The van der Waals surface area contributed by atoms with Crippen LogP contribution in [-0.2, 0) is 16.1 Å². The zero-order valence-electron chi connectivity index (χ0n) is 17.6. The summed E-state index contributed by atoms with van der Waals surface area (Å²) < 4.78 is 5.29. The number of carbonyl (C=O) groups excluding carboxylic acids is 3. The van der Waals surface area contributed by atoms with E-state index in [0.717, 1.165) is 0 Å². The molecule has 0 radical (unpaired) electrons. The lowest BCUT2D eigenvalue weighted by Crippen LogP contribution is -2.47. The second kappa shape index (κ2) is 8.88. The monoisotopic (exact) mass is 476 g/mol. The highest BCUT2D eigenvalue weighted by atomic mass is 35.5. The van der Waals surface area contributed by atoms with Gasteiger partial charge in [-0.15, -0.1) is 0 Å². The molecule has 32 heavy (non-hydrogen) atoms. The summed E-state index contributed by atoms with van der Waals surface area (Å²) in [5.74, 6) is 0.0997. The van der Waals surface area contributed by atoms with E-state index >= 15 is 0 Å². The van der Waals surface area contributed by atoms with E-state index in [0.29, 0.717) is 45.7 Å². The molecule has 3 heterocycles. The van der Waals surface area contributed by atoms with E-state index in [1.165, 1.54) is 14.7 Å². The standard InChI is InChI=1S/C22H22Cl2N4O4/c1-3-28-17-11-27(12-18(29)26(2)10-14-5-4-8-32-14)21(30)19(17)20(25-22(28)31)15-7-6-13(23)9-16(15)24/h4-9,20H,3,10-12H2,1-2H3,(H,25,31)/t20-/m1/s1. The molecule has 168 valence electrons. The molecule has 1 aromatic carbocycles. The van der Waals surface area contributed by atoms with Gasteiger partial charge in [0.15, 0.2) is 0 Å². The summed E-state index contributed by atoms with van der Waals surface area (Å²) >= 11 is 12.4. The molecule has 0 bridgehead atoms. The van der Waals surface area contributed by atoms with Crippen molar-refractivity contribution in [2.75, 3.05) is 26.7 Å². The van der Waals surface area contributed by atoms with Crippen LogP contribution < -0.4 is 5.32 Å². The number of rotatable bonds is 6. The number of urea groups is 1. The van der Waals surface area contributed by atoms with Crippen LogP contribution in [0.1, 0.15) is 24.3 Å². The average molecular weight is 477 g/mol. The first-order valence-corrected chi connectivity index (χ1v) is 10.9. The first kappa shape index (κ1) is 22.2. The SMILES string of the molecule is CCN1C(=O)N[C@H](c2ccc(Cl)cc2Cl)C2=C1CN(CC(=O)N(C)Cc1ccco1)C2=O. The van der Waals surface area contributed by atoms with Crippen molar-refractivity contribution in [2.24, 2.45) is 0 Å². The van der Waals surface area contributed by atoms with Crippen LogP contribution in [0.25, 0.3) is 0 Å². The first-order valence-electron chi connectivity index (χ1n) is 10.1. The molecular weight excluding hydrogens is 455 g/mol. The van der Waals surface area contributed by atoms with Gasteiger partial charge in [-0.2, -0.15) is 0 Å². The fourth-order valence-corrected chi connectivity index (χ4v) is 4.51. The second-order valence-electron chi connectivity index (χ2n) is 7.64. The number of hydrogen-bond acceptors (Lipinski definition) is 4. The van der Waals surface area contributed by atoms with Gasteiger partial charge in [0, 0.05) is 23.6 Å². The van der Waals surface area contributed by atoms with Crippen LogP contribution in [0.15, 0.2) is 52.3 Å². The molecule has 0 aliphatic carbocycles. The van der Waals surface area contributed by atoms with E-state index in [9.17, 15) is 14.4 Å². The molecule has 2 aliphatic rings. The third-order valence-electron chi connectivity index (χ3n) is 5.61. The van der Waals surface area contributed by atoms with Crippen molar-refractivity contribution in [3.8, 4) is 0 Å². The minimum atomic E-state index is -0.724. The minimum absolute atomic E-state index is 0.115. The summed E-state index contributed by atoms with van der Waals surface area (Å²) in [5, 5.41) is 3.67. The minimum Gasteiger partial charge on any atom is -0.467 e. The summed E-state index contributed by atoms with van der Waals surface area (Å²) in [6, 6.07) is 7.41. The highest BCUT2D eigenvalue weighted by Crippen LogP contribution is 2.39. The smallest absolute Gasteiger partial charge is 0.322 e. The van der Waals surface area contributed by atoms with Gasteiger partial charge in [-0.05, 0) is 36.8 Å². The summed E-state index contributed by atoms with van der Waals surface area (Å²) in [7, 11) is 1.65. The maximum Gasteiger partial charge on any atom is 0.322 e. The summed E-state index contributed by atoms with van der Waals surface area (Å²) in [4.78, 5) is 43.4. The van der Waals surface area contributed by atoms with E-state index in [-0.39, 0.29) is 30.9 Å². The van der Waals surface area contributed by atoms with Gasteiger partial charge in [-0.25, -0.2) is 4.79 Å². The Morgan fingerprint density at radius 2 is 2.06 bits per heavy atom. The third kappa shape index (κ3) is 4.08. The molecule has 4 rings (SSSR count). The highest BCUT2D eigenvalue weighted by Gasteiger charge is 2.44. The van der Waals surface area contributed by atoms with Crippen molar-refractivity contribution in [1.82, 2.24) is 20.0 Å². The van der Waals surface area contributed by atoms with Gasteiger partial charge in [-0.1, -0.05) is 29.3 Å². The van der Waals surface area contributed by atoms with Gasteiger partial charge >= 0.3 is 6.03 Å². The number of amides is 4. The van der Waals surface area contributed by atoms with Gasteiger partial charge in [0.05, 0.1) is 36.7 Å². The molecule has 1 aromatic heterocycles. The molecule has 2 aromatic rings. The Morgan fingerprint density at radius 1 is 1.28 bits per heavy atom. The van der Waals surface area contributed by atoms with Gasteiger partial charge in [-0.3, -0.25) is 14.5 Å². The summed E-state index contributed by atoms with van der Waals surface area (Å²) in [5.41, 5.74) is 1.57. The van der Waals surface area contributed by atoms with Crippen LogP contribution in [0, 0.1) is 0 Å². The molecule has 8 nitrogen and oxygen atoms in total. The molecular formula is C22H22Cl2N4O4. The van der Waals surface area contributed by atoms with E-state index in [2.05, 4.69) is 5.32 Å². The van der Waals surface area contributed by atoms with Crippen LogP contribution in [0.3, 0.4) is 0 Å². The number of nitrogens with zero attached hydrogens (tertiary/aromatic N) is 3. The number of carbonyl (C=O) groups is 3. The lowest BCUT2D eigenvalue weighted by Gasteiger charge is -2.33. The zero-order valence-corrected chi connectivity index (χ0v) is 19.1. The number of hydrogen-bond donors (Lipinski definition) is 1. The van der Waals surface area contributed by atoms with Crippen molar-refractivity contribution in [3.63, 3.8) is 0 Å². The number of nitrogens with one attached hydrogen (secondary N) is 1. The molecule has 2 aliphatic heterocycles.